The zero-order valence-electron chi connectivity index (χ0n) is 9.86. The second-order valence-corrected chi connectivity index (χ2v) is 4.02. The van der Waals surface area contributed by atoms with Gasteiger partial charge in [-0.15, -0.1) is 0 Å². The first kappa shape index (κ1) is 11.6. The van der Waals surface area contributed by atoms with E-state index in [1.54, 1.807) is 13.0 Å². The number of carbonyl (C=O) groups excluding carboxylic acids is 1. The molecule has 5 nitrogen and oxygen atoms in total. The van der Waals surface area contributed by atoms with Crippen LogP contribution in [-0.2, 0) is 11.2 Å². The lowest BCUT2D eigenvalue weighted by atomic mass is 9.92. The highest BCUT2D eigenvalue weighted by Gasteiger charge is 2.21. The smallest absolute Gasteiger partial charge is 0.339 e. The van der Waals surface area contributed by atoms with E-state index in [1.165, 1.54) is 7.11 Å². The largest absolute Gasteiger partial charge is 0.465 e. The molecule has 0 aliphatic heterocycles. The summed E-state index contributed by atoms with van der Waals surface area (Å²) in [6, 6.07) is 1.79. The molecule has 17 heavy (non-hydrogen) atoms. The quantitative estimate of drug-likeness (QED) is 0.456. The van der Waals surface area contributed by atoms with Crippen molar-refractivity contribution in [3.05, 3.63) is 28.6 Å². The summed E-state index contributed by atoms with van der Waals surface area (Å²) in [5.74, 6) is -0.383. The van der Waals surface area contributed by atoms with Crippen LogP contribution in [-0.4, -0.2) is 29.0 Å². The first-order valence-corrected chi connectivity index (χ1v) is 5.47. The van der Waals surface area contributed by atoms with Gasteiger partial charge in [0.15, 0.2) is 0 Å². The molecule has 1 aliphatic carbocycles. The Bertz CT molecular complexity index is 495. The van der Waals surface area contributed by atoms with Crippen LogP contribution in [0, 0.1) is 6.92 Å². The van der Waals surface area contributed by atoms with E-state index in [1.807, 2.05) is 0 Å². The van der Waals surface area contributed by atoms with Crippen molar-refractivity contribution in [1.82, 2.24) is 4.98 Å². The number of hydrogen-bond donors (Lipinski definition) is 1. The number of oxime groups is 1. The maximum absolute atomic E-state index is 11.5. The maximum Gasteiger partial charge on any atom is 0.339 e. The van der Waals surface area contributed by atoms with Crippen molar-refractivity contribution in [2.24, 2.45) is 5.16 Å². The molecule has 0 atom stereocenters. The number of aryl methyl sites for hydroxylation is 2. The van der Waals surface area contributed by atoms with Gasteiger partial charge in [0, 0.05) is 0 Å². The lowest BCUT2D eigenvalue weighted by Crippen LogP contribution is -2.17. The Morgan fingerprint density at radius 1 is 1.53 bits per heavy atom. The number of ether oxygens (including phenoxy) is 1. The molecule has 1 aromatic rings. The predicted octanol–water partition coefficient (Wildman–Crippen LogP) is 1.69. The van der Waals surface area contributed by atoms with E-state index in [2.05, 4.69) is 10.1 Å². The number of methoxy groups -OCH3 is 1. The topological polar surface area (TPSA) is 71.8 Å². The van der Waals surface area contributed by atoms with Crippen LogP contribution < -0.4 is 0 Å². The van der Waals surface area contributed by atoms with Crippen LogP contribution in [0.3, 0.4) is 0 Å². The highest BCUT2D eigenvalue weighted by Crippen LogP contribution is 2.23. The number of esters is 1. The first-order chi connectivity index (χ1) is 8.17. The average Bonchev–Trinajstić information content (AvgIpc) is 2.36. The van der Waals surface area contributed by atoms with Crippen molar-refractivity contribution in [2.75, 3.05) is 7.11 Å². The van der Waals surface area contributed by atoms with Gasteiger partial charge in [0.2, 0.25) is 0 Å². The summed E-state index contributed by atoms with van der Waals surface area (Å²) in [5.41, 5.74) is 3.30. The van der Waals surface area contributed by atoms with Crippen molar-refractivity contribution >= 4 is 11.7 Å². The molecule has 1 aliphatic rings. The molecule has 0 saturated heterocycles. The van der Waals surface area contributed by atoms with Crippen LogP contribution in [0.25, 0.3) is 0 Å². The molecular formula is C12H14N2O3. The van der Waals surface area contributed by atoms with Crippen LogP contribution in [0.2, 0.25) is 0 Å². The summed E-state index contributed by atoms with van der Waals surface area (Å²) in [6.45, 7) is 1.75. The van der Waals surface area contributed by atoms with Crippen molar-refractivity contribution in [1.29, 1.82) is 0 Å². The fourth-order valence-electron chi connectivity index (χ4n) is 2.07. The number of nitrogens with zero attached hydrogens (tertiary/aromatic N) is 2. The first-order valence-electron chi connectivity index (χ1n) is 5.47. The third-order valence-electron chi connectivity index (χ3n) is 2.95. The van der Waals surface area contributed by atoms with Gasteiger partial charge in [0.25, 0.3) is 0 Å². The van der Waals surface area contributed by atoms with Gasteiger partial charge in [-0.1, -0.05) is 5.16 Å². The fraction of sp³-hybridized carbons (Fsp3) is 0.417. The van der Waals surface area contributed by atoms with Gasteiger partial charge in [-0.05, 0) is 37.8 Å². The molecule has 1 N–H and O–H groups in total. The summed E-state index contributed by atoms with van der Waals surface area (Å²) in [7, 11) is 1.35. The Kier molecular flexibility index (Phi) is 3.08. The summed E-state index contributed by atoms with van der Waals surface area (Å²) in [6.07, 6.45) is 2.46. The third-order valence-corrected chi connectivity index (χ3v) is 2.95. The molecule has 0 saturated carbocycles. The zero-order valence-corrected chi connectivity index (χ0v) is 9.86. The molecule has 5 heteroatoms. The SMILES string of the molecule is COC(=O)c1cc2c(nc1C)C(=NO)CCC2. The molecule has 0 spiro atoms. The second kappa shape index (κ2) is 4.53. The molecule has 0 amide bonds. The summed E-state index contributed by atoms with van der Waals surface area (Å²) < 4.78 is 4.70. The van der Waals surface area contributed by atoms with Crippen LogP contribution in [0.5, 0.6) is 0 Å². The van der Waals surface area contributed by atoms with Gasteiger partial charge in [-0.3, -0.25) is 4.98 Å². The Morgan fingerprint density at radius 2 is 2.29 bits per heavy atom. The van der Waals surface area contributed by atoms with Crippen molar-refractivity contribution in [3.8, 4) is 0 Å². The minimum absolute atomic E-state index is 0.383. The average molecular weight is 234 g/mol. The molecular weight excluding hydrogens is 220 g/mol. The van der Waals surface area contributed by atoms with Crippen molar-refractivity contribution < 1.29 is 14.7 Å². The third kappa shape index (κ3) is 2.00. The van der Waals surface area contributed by atoms with Crippen LogP contribution in [0.15, 0.2) is 11.2 Å². The van der Waals surface area contributed by atoms with E-state index >= 15 is 0 Å². The van der Waals surface area contributed by atoms with E-state index in [9.17, 15) is 4.79 Å². The highest BCUT2D eigenvalue weighted by atomic mass is 16.5. The molecule has 1 aromatic heterocycles. The van der Waals surface area contributed by atoms with Crippen LogP contribution in [0.4, 0.5) is 0 Å². The molecule has 90 valence electrons. The van der Waals surface area contributed by atoms with Gasteiger partial charge in [-0.2, -0.15) is 0 Å². The Morgan fingerprint density at radius 3 is 2.94 bits per heavy atom. The molecule has 0 fully saturated rings. The summed E-state index contributed by atoms with van der Waals surface area (Å²) in [5, 5.41) is 12.2. The predicted molar refractivity (Wildman–Crippen MR) is 61.6 cm³/mol. The number of rotatable bonds is 1. The van der Waals surface area contributed by atoms with Gasteiger partial charge in [0.05, 0.1) is 24.1 Å². The van der Waals surface area contributed by atoms with E-state index < -0.39 is 0 Å². The van der Waals surface area contributed by atoms with Gasteiger partial charge in [-0.25, -0.2) is 4.79 Å². The summed E-state index contributed by atoms with van der Waals surface area (Å²) in [4.78, 5) is 15.9. The van der Waals surface area contributed by atoms with E-state index in [0.29, 0.717) is 29.1 Å². The second-order valence-electron chi connectivity index (χ2n) is 4.02. The summed E-state index contributed by atoms with van der Waals surface area (Å²) >= 11 is 0. The highest BCUT2D eigenvalue weighted by molar-refractivity contribution is 6.01. The zero-order chi connectivity index (χ0) is 12.4. The van der Waals surface area contributed by atoms with E-state index in [-0.39, 0.29) is 5.97 Å². The number of fused-ring (bicyclic) bond motifs is 1. The standard InChI is InChI=1S/C12H14N2O3/c1-7-9(12(15)17-2)6-8-4-3-5-10(14-16)11(8)13-7/h6,16H,3-5H2,1-2H3. The maximum atomic E-state index is 11.5. The minimum Gasteiger partial charge on any atom is -0.465 e. The van der Waals surface area contributed by atoms with E-state index in [4.69, 9.17) is 9.94 Å². The lowest BCUT2D eigenvalue weighted by Gasteiger charge is -2.17. The lowest BCUT2D eigenvalue weighted by molar-refractivity contribution is 0.0599. The number of hydrogen-bond acceptors (Lipinski definition) is 5. The number of pyridine rings is 1. The van der Waals surface area contributed by atoms with E-state index in [0.717, 1.165) is 18.4 Å². The van der Waals surface area contributed by atoms with Crippen LogP contribution in [0.1, 0.15) is 40.2 Å². The number of aromatic nitrogens is 1. The van der Waals surface area contributed by atoms with Gasteiger partial charge >= 0.3 is 5.97 Å². The fourth-order valence-corrected chi connectivity index (χ4v) is 2.07. The molecule has 2 rings (SSSR count). The molecule has 0 radical (unpaired) electrons. The Hall–Kier alpha value is -1.91. The van der Waals surface area contributed by atoms with Crippen molar-refractivity contribution in [3.63, 3.8) is 0 Å². The van der Waals surface area contributed by atoms with Crippen molar-refractivity contribution in [2.45, 2.75) is 26.2 Å². The minimum atomic E-state index is -0.383. The van der Waals surface area contributed by atoms with Gasteiger partial charge < -0.3 is 9.94 Å². The normalized spacial score (nSPS) is 16.7. The molecule has 0 unspecified atom stereocenters. The monoisotopic (exact) mass is 234 g/mol. The molecule has 0 aromatic carbocycles. The Labute approximate surface area is 99.1 Å². The Balaban J connectivity index is 2.54. The number of carbonyl (C=O) groups is 1. The van der Waals surface area contributed by atoms with Crippen LogP contribution >= 0.6 is 0 Å². The molecule has 1 heterocycles. The molecule has 0 bridgehead atoms. The van der Waals surface area contributed by atoms with Gasteiger partial charge in [0.1, 0.15) is 5.71 Å².